The minimum atomic E-state index is -1.67. The Bertz CT molecular complexity index is 81.6. The first kappa shape index (κ1) is 15.7. The van der Waals surface area contributed by atoms with E-state index in [9.17, 15) is 0 Å². The van der Waals surface area contributed by atoms with Gasteiger partial charge in [-0.2, -0.15) is 0 Å². The van der Waals surface area contributed by atoms with Gasteiger partial charge in [0.1, 0.15) is 0 Å². The van der Waals surface area contributed by atoms with E-state index in [-0.39, 0.29) is 0 Å². The maximum absolute atomic E-state index is 4.82. The van der Waals surface area contributed by atoms with Gasteiger partial charge in [0.05, 0.1) is 0 Å². The highest BCUT2D eigenvalue weighted by Gasteiger charge is 2.04. The summed E-state index contributed by atoms with van der Waals surface area (Å²) in [5.41, 5.74) is 0. The average molecular weight is 228 g/mol. The van der Waals surface area contributed by atoms with Gasteiger partial charge in [-0.3, -0.25) is 0 Å². The van der Waals surface area contributed by atoms with Crippen LogP contribution in [0.5, 0.6) is 0 Å². The van der Waals surface area contributed by atoms with Crippen molar-refractivity contribution < 1.29 is 22.1 Å². The fraction of sp³-hybridized carbons (Fsp3) is 1.00. The van der Waals surface area contributed by atoms with Crippen LogP contribution in [0.15, 0.2) is 0 Å². The van der Waals surface area contributed by atoms with Crippen LogP contribution in [0.4, 0.5) is 0 Å². The SMILES string of the molecule is CO[SiH](C)OC.CO[SiH](OC)OC. The Balaban J connectivity index is 0. The van der Waals surface area contributed by atoms with Gasteiger partial charge < -0.3 is 22.1 Å². The second kappa shape index (κ2) is 12.2. The lowest BCUT2D eigenvalue weighted by Gasteiger charge is -2.05. The van der Waals surface area contributed by atoms with Crippen LogP contribution in [-0.4, -0.2) is 54.4 Å². The van der Waals surface area contributed by atoms with E-state index in [4.69, 9.17) is 22.1 Å². The van der Waals surface area contributed by atoms with Gasteiger partial charge in [0, 0.05) is 35.5 Å². The maximum Gasteiger partial charge on any atom is 0.483 e. The van der Waals surface area contributed by atoms with E-state index in [1.54, 1.807) is 35.5 Å². The van der Waals surface area contributed by atoms with Gasteiger partial charge in [0.15, 0.2) is 0 Å². The van der Waals surface area contributed by atoms with E-state index >= 15 is 0 Å². The van der Waals surface area contributed by atoms with Gasteiger partial charge in [0.25, 0.3) is 0 Å². The molecular formula is C6H20O5Si2. The van der Waals surface area contributed by atoms with Crippen LogP contribution in [-0.2, 0) is 22.1 Å². The number of rotatable bonds is 5. The van der Waals surface area contributed by atoms with E-state index < -0.39 is 18.8 Å². The lowest BCUT2D eigenvalue weighted by molar-refractivity contribution is 0.163. The Kier molecular flexibility index (Phi) is 14.8. The molecule has 0 saturated heterocycles. The predicted octanol–water partition coefficient (Wildman–Crippen LogP) is -0.228. The van der Waals surface area contributed by atoms with Gasteiger partial charge in [0.2, 0.25) is 0 Å². The Labute approximate surface area is 83.7 Å². The van der Waals surface area contributed by atoms with E-state index in [1.807, 2.05) is 6.55 Å². The highest BCUT2D eigenvalue weighted by Crippen LogP contribution is 1.81. The lowest BCUT2D eigenvalue weighted by atomic mass is 11.8. The first-order valence-electron chi connectivity index (χ1n) is 3.80. The molecule has 0 aliphatic heterocycles. The van der Waals surface area contributed by atoms with E-state index in [0.717, 1.165) is 0 Å². The smallest absolute Gasteiger partial charge is 0.400 e. The zero-order chi connectivity index (χ0) is 10.7. The summed E-state index contributed by atoms with van der Waals surface area (Å²) in [6, 6.07) is 0. The van der Waals surface area contributed by atoms with Crippen molar-refractivity contribution in [2.75, 3.05) is 35.5 Å². The second-order valence-corrected chi connectivity index (χ2v) is 6.10. The molecule has 0 aliphatic carbocycles. The van der Waals surface area contributed by atoms with Crippen LogP contribution in [0.3, 0.4) is 0 Å². The lowest BCUT2D eigenvalue weighted by Crippen LogP contribution is -2.21. The van der Waals surface area contributed by atoms with Crippen LogP contribution in [0.1, 0.15) is 0 Å². The minimum absolute atomic E-state index is 1.16. The molecule has 0 rings (SSSR count). The van der Waals surface area contributed by atoms with Gasteiger partial charge in [-0.05, 0) is 6.55 Å². The largest absolute Gasteiger partial charge is 0.483 e. The van der Waals surface area contributed by atoms with Gasteiger partial charge in [-0.15, -0.1) is 0 Å². The number of hydrogen-bond donors (Lipinski definition) is 0. The maximum atomic E-state index is 4.82. The molecule has 0 saturated carbocycles. The van der Waals surface area contributed by atoms with Gasteiger partial charge >= 0.3 is 18.8 Å². The Morgan fingerprint density at radius 3 is 0.923 bits per heavy atom. The van der Waals surface area contributed by atoms with Crippen molar-refractivity contribution in [2.24, 2.45) is 0 Å². The molecule has 0 heterocycles. The van der Waals surface area contributed by atoms with Crippen molar-refractivity contribution in [2.45, 2.75) is 6.55 Å². The van der Waals surface area contributed by atoms with Crippen LogP contribution >= 0.6 is 0 Å². The normalized spacial score (nSPS) is 10.2. The first-order valence-corrected chi connectivity index (χ1v) is 7.31. The molecule has 13 heavy (non-hydrogen) atoms. The van der Waals surface area contributed by atoms with E-state index in [0.29, 0.717) is 0 Å². The van der Waals surface area contributed by atoms with Crippen LogP contribution in [0.2, 0.25) is 6.55 Å². The molecule has 0 spiro atoms. The standard InChI is InChI=1S/C3H10O3Si.C3H10O2Si/c1-4-7(5-2)6-3;1-4-6(3)5-2/h7H,1-3H3;6H,1-3H3. The monoisotopic (exact) mass is 228 g/mol. The first-order chi connectivity index (χ1) is 6.15. The molecule has 5 nitrogen and oxygen atoms in total. The van der Waals surface area contributed by atoms with Crippen LogP contribution in [0, 0.1) is 0 Å². The molecule has 0 amide bonds. The zero-order valence-electron chi connectivity index (χ0n) is 9.20. The van der Waals surface area contributed by atoms with E-state index in [2.05, 4.69) is 0 Å². The molecule has 0 N–H and O–H groups in total. The highest BCUT2D eigenvalue weighted by atomic mass is 28.3. The van der Waals surface area contributed by atoms with Crippen molar-refractivity contribution in [3.05, 3.63) is 0 Å². The molecule has 0 unspecified atom stereocenters. The van der Waals surface area contributed by atoms with Crippen molar-refractivity contribution in [3.8, 4) is 0 Å². The Morgan fingerprint density at radius 2 is 0.923 bits per heavy atom. The zero-order valence-corrected chi connectivity index (χ0v) is 11.5. The topological polar surface area (TPSA) is 46.2 Å². The third-order valence-electron chi connectivity index (χ3n) is 1.24. The van der Waals surface area contributed by atoms with Gasteiger partial charge in [-0.25, -0.2) is 0 Å². The summed E-state index contributed by atoms with van der Waals surface area (Å²) in [5.74, 6) is 0. The van der Waals surface area contributed by atoms with Gasteiger partial charge in [-0.1, -0.05) is 0 Å². The Hall–Kier alpha value is 0.234. The predicted molar refractivity (Wildman–Crippen MR) is 55.2 cm³/mol. The molecule has 0 fully saturated rings. The van der Waals surface area contributed by atoms with Crippen molar-refractivity contribution in [3.63, 3.8) is 0 Å². The summed E-state index contributed by atoms with van der Waals surface area (Å²) in [6.07, 6.45) is 0. The quantitative estimate of drug-likeness (QED) is 0.609. The summed E-state index contributed by atoms with van der Waals surface area (Å²) >= 11 is 0. The van der Waals surface area contributed by atoms with E-state index in [1.165, 1.54) is 0 Å². The molecule has 0 aromatic rings. The summed E-state index contributed by atoms with van der Waals surface area (Å²) in [6.45, 7) is 1.97. The molecule has 7 heteroatoms. The highest BCUT2D eigenvalue weighted by molar-refractivity contribution is 6.42. The minimum Gasteiger partial charge on any atom is -0.400 e. The molecule has 82 valence electrons. The fourth-order valence-electron chi connectivity index (χ4n) is 0.385. The Morgan fingerprint density at radius 1 is 0.615 bits per heavy atom. The molecule has 0 radical (unpaired) electrons. The van der Waals surface area contributed by atoms with Crippen LogP contribution in [0.25, 0.3) is 0 Å². The molecule has 0 atom stereocenters. The molecule has 0 aromatic carbocycles. The average Bonchev–Trinajstić information content (AvgIpc) is 2.20. The van der Waals surface area contributed by atoms with Crippen molar-refractivity contribution >= 4 is 18.8 Å². The molecular weight excluding hydrogens is 208 g/mol. The fourth-order valence-corrected chi connectivity index (χ4v) is 1.15. The summed E-state index contributed by atoms with van der Waals surface area (Å²) in [5, 5.41) is 0. The van der Waals surface area contributed by atoms with Crippen molar-refractivity contribution in [1.29, 1.82) is 0 Å². The molecule has 0 aliphatic rings. The van der Waals surface area contributed by atoms with Crippen molar-refractivity contribution in [1.82, 2.24) is 0 Å². The molecule has 0 bridgehead atoms. The molecule has 0 aromatic heterocycles. The summed E-state index contributed by atoms with van der Waals surface area (Å²) < 4.78 is 23.9. The third-order valence-corrected chi connectivity index (χ3v) is 3.72. The summed E-state index contributed by atoms with van der Waals surface area (Å²) in [7, 11) is 5.22. The number of hydrogen-bond acceptors (Lipinski definition) is 5. The third kappa shape index (κ3) is 12.2. The summed E-state index contributed by atoms with van der Waals surface area (Å²) in [4.78, 5) is 0. The van der Waals surface area contributed by atoms with Crippen LogP contribution < -0.4 is 0 Å². The second-order valence-electron chi connectivity index (χ2n) is 2.03.